The van der Waals surface area contributed by atoms with Crippen LogP contribution in [0.2, 0.25) is 0 Å². The van der Waals surface area contributed by atoms with Crippen LogP contribution in [-0.4, -0.2) is 29.4 Å². The number of ketones is 3. The first-order valence-electron chi connectivity index (χ1n) is 13.0. The molecule has 4 aromatic carbocycles. The number of Topliss-reactive ketones (excluding diaryl/α,β-unsaturated/α-hetero) is 3. The van der Waals surface area contributed by atoms with Gasteiger partial charge in [-0.15, -0.1) is 0 Å². The monoisotopic (exact) mass is 513 g/mol. The van der Waals surface area contributed by atoms with Gasteiger partial charge in [0.2, 0.25) is 0 Å². The second-order valence-corrected chi connectivity index (χ2v) is 10.5. The number of nitrogens with zero attached hydrogens (tertiary/aromatic N) is 1. The Labute approximate surface area is 225 Å². The van der Waals surface area contributed by atoms with Crippen molar-refractivity contribution < 1.29 is 18.8 Å². The fourth-order valence-corrected chi connectivity index (χ4v) is 6.92. The molecule has 0 bridgehead atoms. The third-order valence-corrected chi connectivity index (χ3v) is 8.53. The number of hydrogen-bond donors (Lipinski definition) is 0. The summed E-state index contributed by atoms with van der Waals surface area (Å²) in [6.45, 7) is 1.96. The molecule has 1 saturated heterocycles. The van der Waals surface area contributed by atoms with E-state index in [0.717, 1.165) is 16.8 Å². The Bertz CT molecular complexity index is 1690. The number of halogens is 1. The molecule has 1 spiro atoms. The van der Waals surface area contributed by atoms with Gasteiger partial charge < -0.3 is 4.90 Å². The lowest BCUT2D eigenvalue weighted by molar-refractivity contribution is 0.0664. The third-order valence-electron chi connectivity index (χ3n) is 8.53. The largest absolute Gasteiger partial charge is 0.352 e. The molecule has 1 aliphatic carbocycles. The molecule has 1 fully saturated rings. The van der Waals surface area contributed by atoms with Crippen molar-refractivity contribution in [2.24, 2.45) is 5.41 Å². The molecule has 4 nitrogen and oxygen atoms in total. The van der Waals surface area contributed by atoms with Gasteiger partial charge in [-0.05, 0) is 35.7 Å². The normalized spacial score (nSPS) is 22.1. The van der Waals surface area contributed by atoms with Gasteiger partial charge in [-0.1, -0.05) is 97.1 Å². The van der Waals surface area contributed by atoms with Crippen molar-refractivity contribution in [1.29, 1.82) is 0 Å². The highest BCUT2D eigenvalue weighted by atomic mass is 19.1. The summed E-state index contributed by atoms with van der Waals surface area (Å²) < 4.78 is 15.8. The first-order valence-corrected chi connectivity index (χ1v) is 13.0. The highest BCUT2D eigenvalue weighted by Gasteiger charge is 2.71. The van der Waals surface area contributed by atoms with Gasteiger partial charge in [-0.2, -0.15) is 0 Å². The van der Waals surface area contributed by atoms with Crippen LogP contribution >= 0.6 is 0 Å². The zero-order valence-corrected chi connectivity index (χ0v) is 21.2. The van der Waals surface area contributed by atoms with E-state index < -0.39 is 29.2 Å². The molecule has 2 heterocycles. The topological polar surface area (TPSA) is 54.5 Å². The van der Waals surface area contributed by atoms with E-state index in [2.05, 4.69) is 0 Å². The van der Waals surface area contributed by atoms with Crippen LogP contribution in [0.3, 0.4) is 0 Å². The number of benzene rings is 4. The first-order chi connectivity index (χ1) is 18.9. The number of aryl methyl sites for hydroxylation is 1. The SMILES string of the molecule is Cc1ccc2c(c1)N1[C@@H](C=C2)C2(C(=O)c3ccccc3C2=O)[C@H](c2ccccc2F)[C@@H]1C(=O)c1ccccc1. The molecule has 5 heteroatoms. The number of rotatable bonds is 3. The molecule has 0 N–H and O–H groups in total. The minimum atomic E-state index is -1.71. The molecule has 3 aliphatic rings. The molecular formula is C34H24FNO3. The molecule has 7 rings (SSSR count). The maximum Gasteiger partial charge on any atom is 0.185 e. The summed E-state index contributed by atoms with van der Waals surface area (Å²) >= 11 is 0. The minimum Gasteiger partial charge on any atom is -0.352 e. The maximum absolute atomic E-state index is 15.8. The molecule has 2 aliphatic heterocycles. The molecule has 4 aromatic rings. The quantitative estimate of drug-likeness (QED) is 0.233. The van der Waals surface area contributed by atoms with Gasteiger partial charge in [0.15, 0.2) is 17.3 Å². The van der Waals surface area contributed by atoms with Gasteiger partial charge in [0.25, 0.3) is 0 Å². The van der Waals surface area contributed by atoms with Crippen LogP contribution in [0.4, 0.5) is 10.1 Å². The summed E-state index contributed by atoms with van der Waals surface area (Å²) in [5.41, 5.74) is 2.18. The fraction of sp³-hybridized carbons (Fsp3) is 0.147. The average molecular weight is 514 g/mol. The Morgan fingerprint density at radius 3 is 2.15 bits per heavy atom. The van der Waals surface area contributed by atoms with E-state index in [4.69, 9.17) is 0 Å². The van der Waals surface area contributed by atoms with E-state index in [1.54, 1.807) is 66.7 Å². The molecule has 39 heavy (non-hydrogen) atoms. The Hall–Kier alpha value is -4.64. The highest BCUT2D eigenvalue weighted by molar-refractivity contribution is 6.32. The lowest BCUT2D eigenvalue weighted by Gasteiger charge is -2.37. The molecule has 3 atom stereocenters. The zero-order valence-electron chi connectivity index (χ0n) is 21.2. The van der Waals surface area contributed by atoms with Crippen LogP contribution in [0, 0.1) is 18.2 Å². The van der Waals surface area contributed by atoms with E-state index in [1.807, 2.05) is 48.2 Å². The van der Waals surface area contributed by atoms with Crippen molar-refractivity contribution in [3.63, 3.8) is 0 Å². The van der Waals surface area contributed by atoms with E-state index in [1.165, 1.54) is 6.07 Å². The predicted molar refractivity (Wildman–Crippen MR) is 148 cm³/mol. The van der Waals surface area contributed by atoms with Gasteiger partial charge in [-0.25, -0.2) is 4.39 Å². The van der Waals surface area contributed by atoms with Crippen molar-refractivity contribution in [1.82, 2.24) is 0 Å². The Kier molecular flexibility index (Phi) is 5.08. The molecule has 0 radical (unpaired) electrons. The number of hydrogen-bond acceptors (Lipinski definition) is 4. The maximum atomic E-state index is 15.8. The smallest absolute Gasteiger partial charge is 0.185 e. The van der Waals surface area contributed by atoms with E-state index >= 15 is 4.39 Å². The van der Waals surface area contributed by atoms with Crippen molar-refractivity contribution in [2.45, 2.75) is 24.9 Å². The van der Waals surface area contributed by atoms with Crippen LogP contribution in [-0.2, 0) is 0 Å². The summed E-state index contributed by atoms with van der Waals surface area (Å²) in [7, 11) is 0. The number of anilines is 1. The summed E-state index contributed by atoms with van der Waals surface area (Å²) in [4.78, 5) is 45.5. The van der Waals surface area contributed by atoms with Crippen molar-refractivity contribution in [2.75, 3.05) is 4.90 Å². The molecule has 0 saturated carbocycles. The van der Waals surface area contributed by atoms with Gasteiger partial charge >= 0.3 is 0 Å². The zero-order chi connectivity index (χ0) is 26.9. The van der Waals surface area contributed by atoms with Crippen LogP contribution in [0.25, 0.3) is 6.08 Å². The Morgan fingerprint density at radius 1 is 0.821 bits per heavy atom. The molecule has 0 unspecified atom stereocenters. The van der Waals surface area contributed by atoms with Gasteiger partial charge in [0.1, 0.15) is 17.3 Å². The number of carbonyl (C=O) groups is 3. The summed E-state index contributed by atoms with van der Waals surface area (Å²) in [5.74, 6) is -2.59. The fourth-order valence-electron chi connectivity index (χ4n) is 6.92. The summed E-state index contributed by atoms with van der Waals surface area (Å²) in [6, 6.07) is 26.0. The Balaban J connectivity index is 1.58. The van der Waals surface area contributed by atoms with Crippen LogP contribution < -0.4 is 4.90 Å². The second-order valence-electron chi connectivity index (χ2n) is 10.5. The molecule has 190 valence electrons. The summed E-state index contributed by atoms with van der Waals surface area (Å²) in [5, 5.41) is 0. The molecular weight excluding hydrogens is 489 g/mol. The van der Waals surface area contributed by atoms with E-state index in [0.29, 0.717) is 16.7 Å². The van der Waals surface area contributed by atoms with Crippen molar-refractivity contribution in [3.05, 3.63) is 142 Å². The van der Waals surface area contributed by atoms with Crippen LogP contribution in [0.1, 0.15) is 53.7 Å². The number of carbonyl (C=O) groups excluding carboxylic acids is 3. The van der Waals surface area contributed by atoms with Crippen molar-refractivity contribution >= 4 is 29.1 Å². The lowest BCUT2D eigenvalue weighted by Crippen LogP contribution is -2.48. The second kappa shape index (κ2) is 8.43. The standard InChI is InChI=1S/C34H24FNO3/c1-20-15-16-21-17-18-28-34(32(38)23-11-5-6-12-24(23)33(34)39)29(25-13-7-8-14-26(25)35)30(36(28)27(21)19-20)31(37)22-9-3-2-4-10-22/h2-19,28-30H,1H3/t28-,29+,30+/m0/s1. The predicted octanol–water partition coefficient (Wildman–Crippen LogP) is 6.45. The van der Waals surface area contributed by atoms with Crippen LogP contribution in [0.5, 0.6) is 0 Å². The van der Waals surface area contributed by atoms with E-state index in [-0.39, 0.29) is 22.9 Å². The minimum absolute atomic E-state index is 0.193. The molecule has 0 amide bonds. The van der Waals surface area contributed by atoms with Gasteiger partial charge in [0, 0.05) is 28.3 Å². The van der Waals surface area contributed by atoms with Gasteiger partial charge in [-0.3, -0.25) is 14.4 Å². The highest BCUT2D eigenvalue weighted by Crippen LogP contribution is 2.61. The summed E-state index contributed by atoms with van der Waals surface area (Å²) in [6.07, 6.45) is 3.76. The lowest BCUT2D eigenvalue weighted by atomic mass is 9.64. The number of fused-ring (bicyclic) bond motifs is 5. The Morgan fingerprint density at radius 2 is 1.46 bits per heavy atom. The van der Waals surface area contributed by atoms with E-state index in [9.17, 15) is 14.4 Å². The van der Waals surface area contributed by atoms with Crippen molar-refractivity contribution in [3.8, 4) is 0 Å². The average Bonchev–Trinajstić information content (AvgIpc) is 3.39. The third kappa shape index (κ3) is 3.07. The first kappa shape index (κ1) is 23.5. The molecule has 0 aromatic heterocycles. The van der Waals surface area contributed by atoms with Gasteiger partial charge in [0.05, 0.1) is 6.04 Å². The van der Waals surface area contributed by atoms with Crippen LogP contribution in [0.15, 0.2) is 103 Å².